The van der Waals surface area contributed by atoms with Gasteiger partial charge in [0.2, 0.25) is 0 Å². The summed E-state index contributed by atoms with van der Waals surface area (Å²) in [6.45, 7) is 0.434. The highest BCUT2D eigenvalue weighted by molar-refractivity contribution is 6.30. The third-order valence-electron chi connectivity index (χ3n) is 3.61. The van der Waals surface area contributed by atoms with Crippen LogP contribution >= 0.6 is 11.6 Å². The van der Waals surface area contributed by atoms with Crippen LogP contribution in [0.25, 0.3) is 0 Å². The minimum Gasteiger partial charge on any atom is -0.493 e. The van der Waals surface area contributed by atoms with Gasteiger partial charge in [-0.3, -0.25) is 0 Å². The van der Waals surface area contributed by atoms with Gasteiger partial charge in [0.1, 0.15) is 5.82 Å². The Morgan fingerprint density at radius 1 is 1.14 bits per heavy atom. The summed E-state index contributed by atoms with van der Waals surface area (Å²) in [6.07, 6.45) is 0.627. The van der Waals surface area contributed by atoms with Gasteiger partial charge < -0.3 is 15.2 Å². The van der Waals surface area contributed by atoms with Crippen LogP contribution in [0, 0.1) is 5.82 Å². The monoisotopic (exact) mass is 323 g/mol. The van der Waals surface area contributed by atoms with Gasteiger partial charge in [0.05, 0.1) is 14.2 Å². The molecule has 0 saturated heterocycles. The zero-order chi connectivity index (χ0) is 16.1. The molecule has 3 nitrogen and oxygen atoms in total. The Bertz CT molecular complexity index is 631. The van der Waals surface area contributed by atoms with Crippen molar-refractivity contribution in [2.75, 3.05) is 20.8 Å². The van der Waals surface area contributed by atoms with Crippen LogP contribution in [0.15, 0.2) is 36.4 Å². The third-order valence-corrected chi connectivity index (χ3v) is 3.83. The molecule has 0 fully saturated rings. The van der Waals surface area contributed by atoms with Gasteiger partial charge in [-0.05, 0) is 36.7 Å². The third kappa shape index (κ3) is 3.70. The predicted octanol–water partition coefficient (Wildman–Crippen LogP) is 3.78. The van der Waals surface area contributed by atoms with Crippen LogP contribution in [0.4, 0.5) is 4.39 Å². The Morgan fingerprint density at radius 2 is 1.82 bits per heavy atom. The Labute approximate surface area is 134 Å². The van der Waals surface area contributed by atoms with Crippen LogP contribution in [0.3, 0.4) is 0 Å². The molecule has 0 aromatic heterocycles. The molecule has 0 heterocycles. The van der Waals surface area contributed by atoms with Crippen LogP contribution in [0.2, 0.25) is 5.02 Å². The Hall–Kier alpha value is -1.78. The molecule has 0 aliphatic carbocycles. The van der Waals surface area contributed by atoms with E-state index in [9.17, 15) is 4.39 Å². The van der Waals surface area contributed by atoms with E-state index in [0.29, 0.717) is 29.5 Å². The minimum atomic E-state index is -0.262. The number of benzene rings is 2. The van der Waals surface area contributed by atoms with E-state index in [1.165, 1.54) is 12.1 Å². The zero-order valence-corrected chi connectivity index (χ0v) is 13.4. The second-order valence-electron chi connectivity index (χ2n) is 4.99. The standard InChI is InChI=1S/C17H19ClFNO2/c1-21-16-9-14(18)8-12(17(16)22-2)7-13(10-20)11-3-5-15(19)6-4-11/h3-6,8-9,13H,7,10,20H2,1-2H3. The lowest BCUT2D eigenvalue weighted by Gasteiger charge is -2.19. The molecule has 2 N–H and O–H groups in total. The molecular formula is C17H19ClFNO2. The van der Waals surface area contributed by atoms with Crippen molar-refractivity contribution in [3.05, 3.63) is 58.4 Å². The largest absolute Gasteiger partial charge is 0.493 e. The van der Waals surface area contributed by atoms with Gasteiger partial charge in [0.25, 0.3) is 0 Å². The number of rotatable bonds is 6. The van der Waals surface area contributed by atoms with Crippen LogP contribution in [-0.2, 0) is 6.42 Å². The second-order valence-corrected chi connectivity index (χ2v) is 5.43. The highest BCUT2D eigenvalue weighted by Gasteiger charge is 2.17. The minimum absolute atomic E-state index is 0.0395. The molecule has 0 aliphatic heterocycles. The average molecular weight is 324 g/mol. The number of hydrogen-bond donors (Lipinski definition) is 1. The lowest BCUT2D eigenvalue weighted by Crippen LogP contribution is -2.15. The van der Waals surface area contributed by atoms with E-state index < -0.39 is 0 Å². The smallest absolute Gasteiger partial charge is 0.164 e. The Balaban J connectivity index is 2.35. The van der Waals surface area contributed by atoms with Crippen molar-refractivity contribution >= 4 is 11.6 Å². The lowest BCUT2D eigenvalue weighted by molar-refractivity contribution is 0.351. The summed E-state index contributed by atoms with van der Waals surface area (Å²) in [6, 6.07) is 9.93. The van der Waals surface area contributed by atoms with Crippen molar-refractivity contribution in [1.82, 2.24) is 0 Å². The summed E-state index contributed by atoms with van der Waals surface area (Å²) >= 11 is 6.13. The first kappa shape index (κ1) is 16.6. The molecule has 118 valence electrons. The van der Waals surface area contributed by atoms with Crippen LogP contribution in [-0.4, -0.2) is 20.8 Å². The van der Waals surface area contributed by atoms with Gasteiger partial charge in [0.15, 0.2) is 11.5 Å². The molecule has 1 atom stereocenters. The molecule has 1 unspecified atom stereocenters. The maximum Gasteiger partial charge on any atom is 0.164 e. The molecular weight excluding hydrogens is 305 g/mol. The first-order valence-electron chi connectivity index (χ1n) is 6.95. The molecule has 0 bridgehead atoms. The SMILES string of the molecule is COc1cc(Cl)cc(CC(CN)c2ccc(F)cc2)c1OC. The number of halogens is 2. The topological polar surface area (TPSA) is 44.5 Å². The van der Waals surface area contributed by atoms with Gasteiger partial charge in [0, 0.05) is 22.6 Å². The van der Waals surface area contributed by atoms with Crippen molar-refractivity contribution in [1.29, 1.82) is 0 Å². The van der Waals surface area contributed by atoms with E-state index in [1.54, 1.807) is 32.4 Å². The molecule has 2 rings (SSSR count). The van der Waals surface area contributed by atoms with Crippen LogP contribution in [0.5, 0.6) is 11.5 Å². The number of nitrogens with two attached hydrogens (primary N) is 1. The summed E-state index contributed by atoms with van der Waals surface area (Å²) in [5, 5.41) is 0.572. The van der Waals surface area contributed by atoms with Gasteiger partial charge >= 0.3 is 0 Å². The predicted molar refractivity (Wildman–Crippen MR) is 86.5 cm³/mol. The van der Waals surface area contributed by atoms with Crippen LogP contribution in [0.1, 0.15) is 17.0 Å². The maximum absolute atomic E-state index is 13.1. The maximum atomic E-state index is 13.1. The highest BCUT2D eigenvalue weighted by Crippen LogP contribution is 2.37. The molecule has 0 aliphatic rings. The van der Waals surface area contributed by atoms with Gasteiger partial charge in [-0.25, -0.2) is 4.39 Å². The fourth-order valence-electron chi connectivity index (χ4n) is 2.50. The van der Waals surface area contributed by atoms with Gasteiger partial charge in [-0.2, -0.15) is 0 Å². The van der Waals surface area contributed by atoms with E-state index in [-0.39, 0.29) is 11.7 Å². The molecule has 0 radical (unpaired) electrons. The average Bonchev–Trinajstić information content (AvgIpc) is 2.52. The number of methoxy groups -OCH3 is 2. The zero-order valence-electron chi connectivity index (χ0n) is 12.6. The quantitative estimate of drug-likeness (QED) is 0.880. The fraction of sp³-hybridized carbons (Fsp3) is 0.294. The lowest BCUT2D eigenvalue weighted by atomic mass is 9.91. The molecule has 22 heavy (non-hydrogen) atoms. The fourth-order valence-corrected chi connectivity index (χ4v) is 2.73. The first-order chi connectivity index (χ1) is 10.6. The van der Waals surface area contributed by atoms with Gasteiger partial charge in [-0.15, -0.1) is 0 Å². The normalized spacial score (nSPS) is 12.0. The Kier molecular flexibility index (Phi) is 5.63. The van der Waals surface area contributed by atoms with E-state index in [2.05, 4.69) is 0 Å². The van der Waals surface area contributed by atoms with E-state index in [0.717, 1.165) is 11.1 Å². The van der Waals surface area contributed by atoms with E-state index in [4.69, 9.17) is 26.8 Å². The highest BCUT2D eigenvalue weighted by atomic mass is 35.5. The van der Waals surface area contributed by atoms with Crippen molar-refractivity contribution in [3.8, 4) is 11.5 Å². The summed E-state index contributed by atoms with van der Waals surface area (Å²) in [4.78, 5) is 0. The summed E-state index contributed by atoms with van der Waals surface area (Å²) in [7, 11) is 3.16. The molecule has 5 heteroatoms. The number of hydrogen-bond acceptors (Lipinski definition) is 3. The summed E-state index contributed by atoms with van der Waals surface area (Å²) in [5.41, 5.74) is 7.78. The molecule has 2 aromatic rings. The summed E-state index contributed by atoms with van der Waals surface area (Å²) < 4.78 is 23.8. The summed E-state index contributed by atoms with van der Waals surface area (Å²) in [5.74, 6) is 1.01. The second kappa shape index (κ2) is 7.47. The Morgan fingerprint density at radius 3 is 2.36 bits per heavy atom. The number of ether oxygens (including phenoxy) is 2. The first-order valence-corrected chi connectivity index (χ1v) is 7.32. The van der Waals surface area contributed by atoms with Crippen molar-refractivity contribution in [2.45, 2.75) is 12.3 Å². The van der Waals surface area contributed by atoms with Crippen molar-refractivity contribution < 1.29 is 13.9 Å². The van der Waals surface area contributed by atoms with E-state index >= 15 is 0 Å². The van der Waals surface area contributed by atoms with Crippen molar-refractivity contribution in [2.24, 2.45) is 5.73 Å². The van der Waals surface area contributed by atoms with Gasteiger partial charge in [-0.1, -0.05) is 23.7 Å². The molecule has 0 amide bonds. The molecule has 0 spiro atoms. The van der Waals surface area contributed by atoms with E-state index in [1.807, 2.05) is 6.07 Å². The molecule has 0 saturated carbocycles. The van der Waals surface area contributed by atoms with Crippen molar-refractivity contribution in [3.63, 3.8) is 0 Å². The molecule has 2 aromatic carbocycles. The van der Waals surface area contributed by atoms with Crippen LogP contribution < -0.4 is 15.2 Å².